The minimum Gasteiger partial charge on any atom is -0.287 e. The number of urea groups is 1. The maximum Gasteiger partial charge on any atom is 0.343 e. The van der Waals surface area contributed by atoms with Crippen molar-refractivity contribution in [2.45, 2.75) is 18.4 Å². The first-order chi connectivity index (χ1) is 13.4. The van der Waals surface area contributed by atoms with Gasteiger partial charge in [0.15, 0.2) is 0 Å². The lowest BCUT2D eigenvalue weighted by atomic mass is 10.2. The van der Waals surface area contributed by atoms with Gasteiger partial charge < -0.3 is 0 Å². The molecule has 5 nitrogen and oxygen atoms in total. The Morgan fingerprint density at radius 1 is 0.893 bits per heavy atom. The summed E-state index contributed by atoms with van der Waals surface area (Å²) in [6.07, 6.45) is 0. The molecular formula is C21H17FN2O3S. The highest BCUT2D eigenvalue weighted by atomic mass is 32.2. The van der Waals surface area contributed by atoms with E-state index in [1.807, 2.05) is 0 Å². The van der Waals surface area contributed by atoms with Gasteiger partial charge in [0.25, 0.3) is 10.0 Å². The second kappa shape index (κ2) is 6.76. The highest BCUT2D eigenvalue weighted by molar-refractivity contribution is 7.94. The highest BCUT2D eigenvalue weighted by Gasteiger charge is 2.42. The van der Waals surface area contributed by atoms with Crippen LogP contribution in [0.1, 0.15) is 11.1 Å². The molecule has 3 aromatic rings. The third kappa shape index (κ3) is 2.93. The van der Waals surface area contributed by atoms with Gasteiger partial charge in [-0.3, -0.25) is 4.90 Å². The van der Waals surface area contributed by atoms with E-state index in [1.165, 1.54) is 23.1 Å². The van der Waals surface area contributed by atoms with Crippen LogP contribution in [0.5, 0.6) is 0 Å². The number of halogens is 1. The number of para-hydroxylation sites is 2. The molecule has 0 atom stereocenters. The van der Waals surface area contributed by atoms with Crippen LogP contribution in [-0.2, 0) is 16.6 Å². The zero-order valence-corrected chi connectivity index (χ0v) is 15.9. The summed E-state index contributed by atoms with van der Waals surface area (Å²) >= 11 is 0. The first kappa shape index (κ1) is 18.2. The van der Waals surface area contributed by atoms with E-state index in [0.29, 0.717) is 16.8 Å². The number of rotatable bonds is 3. The molecule has 142 valence electrons. The molecule has 0 bridgehead atoms. The van der Waals surface area contributed by atoms with Gasteiger partial charge in [0.1, 0.15) is 10.7 Å². The topological polar surface area (TPSA) is 57.7 Å². The number of anilines is 2. The molecular weight excluding hydrogens is 379 g/mol. The van der Waals surface area contributed by atoms with Gasteiger partial charge in [0.05, 0.1) is 17.9 Å². The molecule has 1 heterocycles. The lowest BCUT2D eigenvalue weighted by molar-refractivity contribution is 0.253. The Morgan fingerprint density at radius 2 is 1.57 bits per heavy atom. The van der Waals surface area contributed by atoms with Crippen molar-refractivity contribution in [3.63, 3.8) is 0 Å². The Balaban J connectivity index is 1.89. The van der Waals surface area contributed by atoms with Crippen molar-refractivity contribution >= 4 is 27.4 Å². The van der Waals surface area contributed by atoms with Crippen LogP contribution in [0.2, 0.25) is 0 Å². The average Bonchev–Trinajstić information content (AvgIpc) is 2.67. The maximum absolute atomic E-state index is 13.6. The standard InChI is InChI=1S/C21H17FN2O3S/c1-15-7-2-3-10-18(15)24-21(25)23(14-16-8-6-9-17(22)13-16)19-11-4-5-12-20(19)28(24,26)27/h2-13H,14H2,1H3. The second-order valence-corrected chi connectivity index (χ2v) is 8.28. The van der Waals surface area contributed by atoms with Gasteiger partial charge in [-0.1, -0.05) is 42.5 Å². The van der Waals surface area contributed by atoms with Crippen molar-refractivity contribution in [3.05, 3.63) is 89.7 Å². The summed E-state index contributed by atoms with van der Waals surface area (Å²) in [5, 5.41) is 0. The van der Waals surface area contributed by atoms with E-state index in [1.54, 1.807) is 61.5 Å². The molecule has 0 aromatic heterocycles. The SMILES string of the molecule is Cc1ccccc1N1C(=O)N(Cc2cccc(F)c2)c2ccccc2S1(=O)=O. The first-order valence-corrected chi connectivity index (χ1v) is 10.1. The summed E-state index contributed by atoms with van der Waals surface area (Å²) < 4.78 is 40.9. The van der Waals surface area contributed by atoms with E-state index in [4.69, 9.17) is 0 Å². The number of carbonyl (C=O) groups excluding carboxylic acids is 1. The Labute approximate surface area is 162 Å². The molecule has 1 aliphatic rings. The smallest absolute Gasteiger partial charge is 0.287 e. The fourth-order valence-corrected chi connectivity index (χ4v) is 4.96. The third-order valence-electron chi connectivity index (χ3n) is 4.64. The molecule has 7 heteroatoms. The van der Waals surface area contributed by atoms with Crippen molar-refractivity contribution in [3.8, 4) is 0 Å². The van der Waals surface area contributed by atoms with Crippen LogP contribution in [-0.4, -0.2) is 14.4 Å². The molecule has 0 saturated carbocycles. The molecule has 4 rings (SSSR count). The van der Waals surface area contributed by atoms with E-state index < -0.39 is 21.9 Å². The number of nitrogens with zero attached hydrogens (tertiary/aromatic N) is 2. The maximum atomic E-state index is 13.6. The summed E-state index contributed by atoms with van der Waals surface area (Å²) in [4.78, 5) is 14.7. The second-order valence-electron chi connectivity index (χ2n) is 6.52. The van der Waals surface area contributed by atoms with Crippen LogP contribution in [0.25, 0.3) is 0 Å². The third-order valence-corrected chi connectivity index (χ3v) is 6.38. The number of sulfonamides is 1. The molecule has 2 amide bonds. The van der Waals surface area contributed by atoms with Gasteiger partial charge in [-0.05, 0) is 48.4 Å². The minimum absolute atomic E-state index is 0.0363. The molecule has 0 unspecified atom stereocenters. The number of fused-ring (bicyclic) bond motifs is 1. The normalized spacial score (nSPS) is 15.4. The van der Waals surface area contributed by atoms with Gasteiger partial charge in [0, 0.05) is 0 Å². The van der Waals surface area contributed by atoms with E-state index in [9.17, 15) is 17.6 Å². The van der Waals surface area contributed by atoms with Crippen molar-refractivity contribution in [1.29, 1.82) is 0 Å². The fourth-order valence-electron chi connectivity index (χ4n) is 3.31. The molecule has 28 heavy (non-hydrogen) atoms. The molecule has 0 radical (unpaired) electrons. The van der Waals surface area contributed by atoms with Crippen molar-refractivity contribution in [1.82, 2.24) is 0 Å². The number of aryl methyl sites for hydroxylation is 1. The van der Waals surface area contributed by atoms with Crippen molar-refractivity contribution < 1.29 is 17.6 Å². The minimum atomic E-state index is -4.07. The lowest BCUT2D eigenvalue weighted by Crippen LogP contribution is -2.51. The van der Waals surface area contributed by atoms with Crippen LogP contribution in [0.3, 0.4) is 0 Å². The molecule has 3 aromatic carbocycles. The van der Waals surface area contributed by atoms with Crippen LogP contribution in [0.15, 0.2) is 77.7 Å². The zero-order valence-electron chi connectivity index (χ0n) is 15.0. The molecule has 0 fully saturated rings. The van der Waals surface area contributed by atoms with Crippen molar-refractivity contribution in [2.24, 2.45) is 0 Å². The van der Waals surface area contributed by atoms with Crippen LogP contribution in [0, 0.1) is 12.7 Å². The molecule has 0 N–H and O–H groups in total. The Morgan fingerprint density at radius 3 is 2.29 bits per heavy atom. The Hall–Kier alpha value is -3.19. The highest BCUT2D eigenvalue weighted by Crippen LogP contribution is 2.38. The molecule has 0 saturated heterocycles. The summed E-state index contributed by atoms with van der Waals surface area (Å²) in [5.74, 6) is -0.418. The number of hydrogen-bond acceptors (Lipinski definition) is 3. The van der Waals surface area contributed by atoms with Gasteiger partial charge in [-0.25, -0.2) is 17.6 Å². The summed E-state index contributed by atoms with van der Waals surface area (Å²) in [7, 11) is -4.07. The first-order valence-electron chi connectivity index (χ1n) is 8.65. The monoisotopic (exact) mass is 396 g/mol. The van der Waals surface area contributed by atoms with Gasteiger partial charge >= 0.3 is 6.03 Å². The largest absolute Gasteiger partial charge is 0.343 e. The van der Waals surface area contributed by atoms with Gasteiger partial charge in [0.2, 0.25) is 0 Å². The molecule has 0 spiro atoms. The quantitative estimate of drug-likeness (QED) is 0.656. The van der Waals surface area contributed by atoms with Crippen molar-refractivity contribution in [2.75, 3.05) is 9.21 Å². The number of amides is 2. The molecule has 0 aliphatic carbocycles. The van der Waals surface area contributed by atoms with Gasteiger partial charge in [-0.15, -0.1) is 0 Å². The Bertz CT molecular complexity index is 1180. The van der Waals surface area contributed by atoms with E-state index in [2.05, 4.69) is 0 Å². The fraction of sp³-hybridized carbons (Fsp3) is 0.0952. The average molecular weight is 396 g/mol. The predicted molar refractivity (Wildman–Crippen MR) is 105 cm³/mol. The van der Waals surface area contributed by atoms with E-state index in [-0.39, 0.29) is 17.1 Å². The Kier molecular flexibility index (Phi) is 4.39. The zero-order chi connectivity index (χ0) is 19.9. The number of carbonyl (C=O) groups is 1. The van der Waals surface area contributed by atoms with E-state index >= 15 is 0 Å². The summed E-state index contributed by atoms with van der Waals surface area (Å²) in [6.45, 7) is 1.79. The summed E-state index contributed by atoms with van der Waals surface area (Å²) in [5.41, 5.74) is 1.80. The van der Waals surface area contributed by atoms with Crippen LogP contribution >= 0.6 is 0 Å². The predicted octanol–water partition coefficient (Wildman–Crippen LogP) is 4.47. The van der Waals surface area contributed by atoms with Gasteiger partial charge in [-0.2, -0.15) is 4.31 Å². The summed E-state index contributed by atoms with van der Waals surface area (Å²) in [6, 6.07) is 18.3. The van der Waals surface area contributed by atoms with E-state index in [0.717, 1.165) is 4.31 Å². The molecule has 1 aliphatic heterocycles. The number of hydrogen-bond donors (Lipinski definition) is 0. The number of benzene rings is 3. The lowest BCUT2D eigenvalue weighted by Gasteiger charge is -2.36. The van der Waals surface area contributed by atoms with Crippen LogP contribution < -0.4 is 9.21 Å². The van der Waals surface area contributed by atoms with Crippen LogP contribution in [0.4, 0.5) is 20.6 Å².